The monoisotopic (exact) mass is 412 g/mol. The molecule has 0 aliphatic rings. The van der Waals surface area contributed by atoms with E-state index in [4.69, 9.17) is 0 Å². The van der Waals surface area contributed by atoms with E-state index in [0.717, 1.165) is 4.57 Å². The van der Waals surface area contributed by atoms with Crippen LogP contribution in [0.25, 0.3) is 0 Å². The predicted molar refractivity (Wildman–Crippen MR) is 99.7 cm³/mol. The van der Waals surface area contributed by atoms with Gasteiger partial charge in [0.05, 0.1) is 0 Å². The van der Waals surface area contributed by atoms with Crippen molar-refractivity contribution < 1.29 is 9.59 Å². The van der Waals surface area contributed by atoms with Gasteiger partial charge >= 0.3 is 5.69 Å². The molecular weight excluding hydrogens is 400 g/mol. The molecule has 0 atom stereocenters. The molecule has 1 heterocycles. The fourth-order valence-electron chi connectivity index (χ4n) is 2.52. The van der Waals surface area contributed by atoms with Crippen molar-refractivity contribution in [2.45, 2.75) is 6.92 Å². The first kappa shape index (κ1) is 17.8. The molecule has 3 rings (SSSR count). The third-order valence-corrected chi connectivity index (χ3v) is 4.79. The van der Waals surface area contributed by atoms with E-state index in [1.54, 1.807) is 48.5 Å². The highest BCUT2D eigenvalue weighted by Gasteiger charge is 2.24. The fourth-order valence-corrected chi connectivity index (χ4v) is 2.87. The van der Waals surface area contributed by atoms with Crippen LogP contribution in [-0.2, 0) is 0 Å². The number of aromatic nitrogens is 2. The van der Waals surface area contributed by atoms with Gasteiger partial charge in [-0.3, -0.25) is 14.4 Å². The smallest absolute Gasteiger partial charge is 0.268 e. The number of hydrogen-bond acceptors (Lipinski definition) is 4. The molecule has 6 nitrogen and oxygen atoms in total. The summed E-state index contributed by atoms with van der Waals surface area (Å²) < 4.78 is 1.26. The van der Waals surface area contributed by atoms with Crippen molar-refractivity contribution in [2.24, 2.45) is 0 Å². The highest BCUT2D eigenvalue weighted by Crippen LogP contribution is 2.11. The molecule has 3 aromatic rings. The summed E-state index contributed by atoms with van der Waals surface area (Å²) in [6.45, 7) is 1.46. The van der Waals surface area contributed by atoms with Crippen LogP contribution in [-0.4, -0.2) is 20.9 Å². The molecule has 130 valence electrons. The van der Waals surface area contributed by atoms with Crippen LogP contribution >= 0.6 is 15.9 Å². The van der Waals surface area contributed by atoms with E-state index in [-0.39, 0.29) is 21.3 Å². The number of nitrogens with zero attached hydrogens (tertiary/aromatic N) is 2. The molecule has 0 N–H and O–H groups in total. The SMILES string of the molecule is Cc1c(Br)c(=O)n(C(=O)c2ccccc2)c(=O)n1C(=O)c1ccccc1. The summed E-state index contributed by atoms with van der Waals surface area (Å²) in [5.74, 6) is -1.42. The van der Waals surface area contributed by atoms with Gasteiger partial charge in [0.1, 0.15) is 4.47 Å². The van der Waals surface area contributed by atoms with Gasteiger partial charge in [0.15, 0.2) is 0 Å². The predicted octanol–water partition coefficient (Wildman–Crippen LogP) is 2.46. The second kappa shape index (κ2) is 7.05. The maximum atomic E-state index is 12.9. The second-order valence-electron chi connectivity index (χ2n) is 5.50. The Bertz CT molecular complexity index is 1120. The summed E-state index contributed by atoms with van der Waals surface area (Å²) >= 11 is 3.10. The summed E-state index contributed by atoms with van der Waals surface area (Å²) in [7, 11) is 0. The normalized spacial score (nSPS) is 10.5. The van der Waals surface area contributed by atoms with E-state index in [9.17, 15) is 19.2 Å². The molecule has 2 aromatic carbocycles. The summed E-state index contributed by atoms with van der Waals surface area (Å²) in [6, 6.07) is 16.1. The van der Waals surface area contributed by atoms with Gasteiger partial charge in [-0.25, -0.2) is 9.36 Å². The summed E-state index contributed by atoms with van der Waals surface area (Å²) in [6.07, 6.45) is 0. The van der Waals surface area contributed by atoms with E-state index in [1.165, 1.54) is 19.1 Å². The molecule has 0 unspecified atom stereocenters. The average Bonchev–Trinajstić information content (AvgIpc) is 2.67. The average molecular weight is 413 g/mol. The Morgan fingerprint density at radius 2 is 1.19 bits per heavy atom. The Balaban J connectivity index is 2.27. The number of benzene rings is 2. The molecule has 0 spiro atoms. The number of carbonyl (C=O) groups excluding carboxylic acids is 2. The molecule has 0 amide bonds. The number of rotatable bonds is 2. The van der Waals surface area contributed by atoms with Gasteiger partial charge in [0, 0.05) is 16.8 Å². The largest absolute Gasteiger partial charge is 0.345 e. The molecule has 7 heteroatoms. The molecule has 0 saturated heterocycles. The lowest BCUT2D eigenvalue weighted by molar-refractivity contribution is 0.0929. The van der Waals surface area contributed by atoms with Crippen molar-refractivity contribution in [1.29, 1.82) is 0 Å². The topological polar surface area (TPSA) is 78.1 Å². The van der Waals surface area contributed by atoms with Crippen LogP contribution in [0.2, 0.25) is 0 Å². The van der Waals surface area contributed by atoms with Crippen molar-refractivity contribution in [1.82, 2.24) is 9.13 Å². The first-order valence-corrected chi connectivity index (χ1v) is 8.46. The van der Waals surface area contributed by atoms with Crippen LogP contribution in [0.15, 0.2) is 74.7 Å². The Kier molecular flexibility index (Phi) is 4.81. The highest BCUT2D eigenvalue weighted by molar-refractivity contribution is 9.10. The molecule has 0 saturated carbocycles. The minimum atomic E-state index is -1.00. The van der Waals surface area contributed by atoms with Crippen LogP contribution in [0.1, 0.15) is 26.4 Å². The maximum Gasteiger partial charge on any atom is 0.345 e. The Hall–Kier alpha value is -3.06. The fraction of sp³-hybridized carbons (Fsp3) is 0.0526. The van der Waals surface area contributed by atoms with Crippen molar-refractivity contribution >= 4 is 27.7 Å². The number of hydrogen-bond donors (Lipinski definition) is 0. The third kappa shape index (κ3) is 2.97. The maximum absolute atomic E-state index is 12.9. The lowest BCUT2D eigenvalue weighted by Gasteiger charge is -2.13. The van der Waals surface area contributed by atoms with E-state index < -0.39 is 23.1 Å². The van der Waals surface area contributed by atoms with E-state index in [1.807, 2.05) is 0 Å². The van der Waals surface area contributed by atoms with Crippen molar-refractivity contribution in [3.63, 3.8) is 0 Å². The Labute approximate surface area is 156 Å². The van der Waals surface area contributed by atoms with Crippen LogP contribution in [0, 0.1) is 6.92 Å². The van der Waals surface area contributed by atoms with Gasteiger partial charge in [-0.1, -0.05) is 36.4 Å². The zero-order valence-electron chi connectivity index (χ0n) is 13.7. The Morgan fingerprint density at radius 3 is 1.65 bits per heavy atom. The van der Waals surface area contributed by atoms with Crippen LogP contribution in [0.4, 0.5) is 0 Å². The van der Waals surface area contributed by atoms with Crippen molar-refractivity contribution in [3.05, 3.63) is 103 Å². The molecule has 26 heavy (non-hydrogen) atoms. The summed E-state index contributed by atoms with van der Waals surface area (Å²) in [5.41, 5.74) is -1.24. The zero-order chi connectivity index (χ0) is 18.8. The van der Waals surface area contributed by atoms with Crippen molar-refractivity contribution in [3.8, 4) is 0 Å². The zero-order valence-corrected chi connectivity index (χ0v) is 15.3. The number of carbonyl (C=O) groups is 2. The second-order valence-corrected chi connectivity index (χ2v) is 6.29. The van der Waals surface area contributed by atoms with E-state index >= 15 is 0 Å². The minimum Gasteiger partial charge on any atom is -0.268 e. The van der Waals surface area contributed by atoms with Gasteiger partial charge in [0.2, 0.25) is 0 Å². The third-order valence-electron chi connectivity index (χ3n) is 3.87. The quantitative estimate of drug-likeness (QED) is 0.647. The van der Waals surface area contributed by atoms with Gasteiger partial charge in [-0.05, 0) is 47.1 Å². The summed E-state index contributed by atoms with van der Waals surface area (Å²) in [5, 5.41) is 0. The standard InChI is InChI=1S/C19H13BrN2O4/c1-12-15(20)18(25)22(17(24)14-10-6-3-7-11-14)19(26)21(12)16(23)13-8-4-2-5-9-13/h2-11H,1H3. The lowest BCUT2D eigenvalue weighted by atomic mass is 10.2. The van der Waals surface area contributed by atoms with Gasteiger partial charge < -0.3 is 0 Å². The van der Waals surface area contributed by atoms with Crippen LogP contribution in [0.5, 0.6) is 0 Å². The van der Waals surface area contributed by atoms with Crippen LogP contribution < -0.4 is 11.2 Å². The van der Waals surface area contributed by atoms with Gasteiger partial charge in [0.25, 0.3) is 17.4 Å². The molecule has 0 aliphatic heterocycles. The van der Waals surface area contributed by atoms with E-state index in [0.29, 0.717) is 4.57 Å². The molecule has 0 bridgehead atoms. The molecular formula is C19H13BrN2O4. The van der Waals surface area contributed by atoms with Gasteiger partial charge in [-0.15, -0.1) is 0 Å². The minimum absolute atomic E-state index is 0.0225. The molecule has 0 radical (unpaired) electrons. The first-order chi connectivity index (χ1) is 12.4. The van der Waals surface area contributed by atoms with E-state index in [2.05, 4.69) is 15.9 Å². The molecule has 0 aliphatic carbocycles. The summed E-state index contributed by atoms with van der Waals surface area (Å²) in [4.78, 5) is 50.8. The van der Waals surface area contributed by atoms with Crippen molar-refractivity contribution in [2.75, 3.05) is 0 Å². The molecule has 0 fully saturated rings. The Morgan fingerprint density at radius 1 is 0.769 bits per heavy atom. The first-order valence-electron chi connectivity index (χ1n) is 7.67. The van der Waals surface area contributed by atoms with Crippen LogP contribution in [0.3, 0.4) is 0 Å². The number of halogens is 1. The molecule has 1 aromatic heterocycles. The highest BCUT2D eigenvalue weighted by atomic mass is 79.9. The van der Waals surface area contributed by atoms with Gasteiger partial charge in [-0.2, -0.15) is 4.57 Å². The lowest BCUT2D eigenvalue weighted by Crippen LogP contribution is -2.47.